The number of nitrogens with zero attached hydrogens (tertiary/aromatic N) is 4. The van der Waals surface area contributed by atoms with Gasteiger partial charge in [0.05, 0.1) is 16.0 Å². The molecule has 0 unspecified atom stereocenters. The minimum atomic E-state index is 0.0109. The SMILES string of the molecule is N#CC(=C(O)CSc1nncs1)c1nc2ccccc2s1. The second kappa shape index (κ2) is 6.22. The zero-order valence-corrected chi connectivity index (χ0v) is 13.0. The van der Waals surface area contributed by atoms with Crippen LogP contribution in [-0.4, -0.2) is 26.0 Å². The van der Waals surface area contributed by atoms with Gasteiger partial charge in [0.2, 0.25) is 0 Å². The van der Waals surface area contributed by atoms with Crippen molar-refractivity contribution in [2.24, 2.45) is 0 Å². The van der Waals surface area contributed by atoms with Gasteiger partial charge in [-0.05, 0) is 12.1 Å². The Balaban J connectivity index is 1.89. The number of aliphatic hydroxyl groups is 1. The number of nitriles is 1. The summed E-state index contributed by atoms with van der Waals surface area (Å²) in [6, 6.07) is 9.69. The lowest BCUT2D eigenvalue weighted by molar-refractivity contribution is 0.421. The first-order valence-electron chi connectivity index (χ1n) is 5.85. The first-order chi connectivity index (χ1) is 10.3. The minimum absolute atomic E-state index is 0.0109. The number of benzene rings is 1. The van der Waals surface area contributed by atoms with Gasteiger partial charge in [0.1, 0.15) is 27.9 Å². The Bertz CT molecular complexity index is 800. The number of hydrogen-bond donors (Lipinski definition) is 1. The molecule has 3 aromatic rings. The van der Waals surface area contributed by atoms with Crippen LogP contribution in [0, 0.1) is 11.3 Å². The Morgan fingerprint density at radius 3 is 2.95 bits per heavy atom. The first kappa shape index (κ1) is 14.0. The Morgan fingerprint density at radius 1 is 1.38 bits per heavy atom. The topological polar surface area (TPSA) is 82.7 Å². The molecule has 0 saturated carbocycles. The molecule has 0 amide bonds. The molecule has 0 radical (unpaired) electrons. The Hall–Kier alpha value is -1.95. The van der Waals surface area contributed by atoms with Gasteiger partial charge in [-0.1, -0.05) is 35.2 Å². The third kappa shape index (κ3) is 3.05. The number of thiazole rings is 1. The van der Waals surface area contributed by atoms with Crippen molar-refractivity contribution in [2.75, 3.05) is 5.75 Å². The molecule has 2 aromatic heterocycles. The fraction of sp³-hybridized carbons (Fsp3) is 0.0769. The largest absolute Gasteiger partial charge is 0.510 e. The number of para-hydroxylation sites is 1. The number of thioether (sulfide) groups is 1. The van der Waals surface area contributed by atoms with Gasteiger partial charge in [-0.2, -0.15) is 5.26 Å². The highest BCUT2D eigenvalue weighted by Gasteiger charge is 2.14. The average molecular weight is 332 g/mol. The molecule has 1 aromatic carbocycles. The van der Waals surface area contributed by atoms with Crippen LogP contribution < -0.4 is 0 Å². The summed E-state index contributed by atoms with van der Waals surface area (Å²) in [6.45, 7) is 0. The van der Waals surface area contributed by atoms with E-state index in [4.69, 9.17) is 0 Å². The maximum absolute atomic E-state index is 10.1. The van der Waals surface area contributed by atoms with Crippen molar-refractivity contribution in [3.05, 3.63) is 40.5 Å². The summed E-state index contributed by atoms with van der Waals surface area (Å²) in [4.78, 5) is 4.39. The van der Waals surface area contributed by atoms with Crippen molar-refractivity contribution in [1.82, 2.24) is 15.2 Å². The van der Waals surface area contributed by atoms with Crippen molar-refractivity contribution in [1.29, 1.82) is 5.26 Å². The van der Waals surface area contributed by atoms with Gasteiger partial charge in [-0.15, -0.1) is 21.5 Å². The lowest BCUT2D eigenvalue weighted by Crippen LogP contribution is -1.92. The van der Waals surface area contributed by atoms with Crippen molar-refractivity contribution in [2.45, 2.75) is 4.34 Å². The van der Waals surface area contributed by atoms with Gasteiger partial charge in [0.15, 0.2) is 4.34 Å². The Morgan fingerprint density at radius 2 is 2.24 bits per heavy atom. The van der Waals surface area contributed by atoms with E-state index in [9.17, 15) is 10.4 Å². The van der Waals surface area contributed by atoms with Gasteiger partial charge >= 0.3 is 0 Å². The Labute approximate surface area is 132 Å². The molecule has 2 heterocycles. The number of aromatic nitrogens is 3. The molecule has 0 atom stereocenters. The zero-order valence-electron chi connectivity index (χ0n) is 10.6. The molecule has 0 saturated heterocycles. The van der Waals surface area contributed by atoms with E-state index >= 15 is 0 Å². The highest BCUT2D eigenvalue weighted by molar-refractivity contribution is 8.01. The number of fused-ring (bicyclic) bond motifs is 1. The average Bonchev–Trinajstić information content (AvgIpc) is 3.15. The summed E-state index contributed by atoms with van der Waals surface area (Å²) in [5.74, 6) is 0.283. The minimum Gasteiger partial charge on any atom is -0.510 e. The molecule has 0 bridgehead atoms. The summed E-state index contributed by atoms with van der Waals surface area (Å²) < 4.78 is 1.74. The van der Waals surface area contributed by atoms with Crippen LogP contribution in [0.1, 0.15) is 5.01 Å². The van der Waals surface area contributed by atoms with E-state index in [2.05, 4.69) is 15.2 Å². The summed E-state index contributed by atoms with van der Waals surface area (Å²) in [5, 5.41) is 27.6. The fourth-order valence-electron chi connectivity index (χ4n) is 1.64. The number of aliphatic hydroxyl groups excluding tert-OH is 1. The van der Waals surface area contributed by atoms with Gasteiger partial charge in [-0.25, -0.2) is 4.98 Å². The molecule has 1 N–H and O–H groups in total. The van der Waals surface area contributed by atoms with Gasteiger partial charge < -0.3 is 5.11 Å². The molecule has 0 spiro atoms. The van der Waals surface area contributed by atoms with Crippen LogP contribution in [-0.2, 0) is 0 Å². The normalized spacial score (nSPS) is 12.1. The molecule has 3 rings (SSSR count). The molecule has 21 heavy (non-hydrogen) atoms. The number of allylic oxidation sites excluding steroid dienone is 1. The standard InChI is InChI=1S/C13H8N4OS3/c14-5-8(10(18)6-19-13-17-15-7-20-13)12-16-9-3-1-2-4-11(9)21-12/h1-4,7,18H,6H2. The second-order valence-corrected chi connectivity index (χ2v) is 7.00. The van der Waals surface area contributed by atoms with Gasteiger partial charge in [0.25, 0.3) is 0 Å². The van der Waals surface area contributed by atoms with Crippen molar-refractivity contribution >= 4 is 50.2 Å². The highest BCUT2D eigenvalue weighted by Crippen LogP contribution is 2.30. The van der Waals surface area contributed by atoms with Crippen LogP contribution in [0.5, 0.6) is 0 Å². The van der Waals surface area contributed by atoms with E-state index < -0.39 is 0 Å². The lowest BCUT2D eigenvalue weighted by atomic mass is 10.2. The highest BCUT2D eigenvalue weighted by atomic mass is 32.2. The van der Waals surface area contributed by atoms with E-state index in [0.29, 0.717) is 5.01 Å². The smallest absolute Gasteiger partial charge is 0.174 e. The molecule has 8 heteroatoms. The van der Waals surface area contributed by atoms with Crippen molar-refractivity contribution in [3.8, 4) is 6.07 Å². The Kier molecular flexibility index (Phi) is 4.15. The van der Waals surface area contributed by atoms with E-state index in [0.717, 1.165) is 14.6 Å². The molecule has 0 aliphatic heterocycles. The van der Waals surface area contributed by atoms with Crippen LogP contribution in [0.4, 0.5) is 0 Å². The summed E-state index contributed by atoms with van der Waals surface area (Å²) in [7, 11) is 0. The van der Waals surface area contributed by atoms with E-state index in [-0.39, 0.29) is 17.1 Å². The quantitative estimate of drug-likeness (QED) is 0.445. The second-order valence-electron chi connectivity index (χ2n) is 3.91. The molecule has 0 aliphatic carbocycles. The summed E-state index contributed by atoms with van der Waals surface area (Å²) in [6.07, 6.45) is 0. The maximum atomic E-state index is 10.1. The predicted molar refractivity (Wildman–Crippen MR) is 85.4 cm³/mol. The fourth-order valence-corrected chi connectivity index (χ4v) is 3.99. The molecule has 0 aliphatic rings. The van der Waals surface area contributed by atoms with Crippen molar-refractivity contribution < 1.29 is 5.11 Å². The third-order valence-corrected chi connectivity index (χ3v) is 5.51. The zero-order chi connectivity index (χ0) is 14.7. The lowest BCUT2D eigenvalue weighted by Gasteiger charge is -1.99. The molecular formula is C13H8N4OS3. The predicted octanol–water partition coefficient (Wildman–Crippen LogP) is 3.73. The third-order valence-electron chi connectivity index (χ3n) is 2.58. The molecule has 0 fully saturated rings. The molecule has 5 nitrogen and oxygen atoms in total. The maximum Gasteiger partial charge on any atom is 0.174 e. The van der Waals surface area contributed by atoms with E-state index in [1.165, 1.54) is 34.4 Å². The van der Waals surface area contributed by atoms with Crippen LogP contribution >= 0.6 is 34.4 Å². The van der Waals surface area contributed by atoms with Crippen molar-refractivity contribution in [3.63, 3.8) is 0 Å². The first-order valence-corrected chi connectivity index (χ1v) is 8.53. The van der Waals surface area contributed by atoms with Gasteiger partial charge in [0, 0.05) is 0 Å². The number of hydrogen-bond acceptors (Lipinski definition) is 8. The van der Waals surface area contributed by atoms with Gasteiger partial charge in [-0.3, -0.25) is 0 Å². The monoisotopic (exact) mass is 332 g/mol. The van der Waals surface area contributed by atoms with E-state index in [1.54, 1.807) is 5.51 Å². The van der Waals surface area contributed by atoms with Crippen LogP contribution in [0.3, 0.4) is 0 Å². The van der Waals surface area contributed by atoms with Crippen LogP contribution in [0.2, 0.25) is 0 Å². The number of rotatable bonds is 4. The van der Waals surface area contributed by atoms with Crippen LogP contribution in [0.15, 0.2) is 39.9 Å². The van der Waals surface area contributed by atoms with E-state index in [1.807, 2.05) is 30.3 Å². The van der Waals surface area contributed by atoms with Crippen LogP contribution in [0.25, 0.3) is 15.8 Å². The molecular weight excluding hydrogens is 324 g/mol. The molecule has 104 valence electrons. The summed E-state index contributed by atoms with van der Waals surface area (Å²) in [5.41, 5.74) is 2.67. The summed E-state index contributed by atoms with van der Waals surface area (Å²) >= 11 is 4.13.